The van der Waals surface area contributed by atoms with E-state index in [1.165, 1.54) is 0 Å². The number of nitrogens with two attached hydrogens (primary N) is 1. The highest BCUT2D eigenvalue weighted by molar-refractivity contribution is 9.10. The number of hydrogen-bond acceptors (Lipinski definition) is 5. The zero-order chi connectivity index (χ0) is 13.4. The van der Waals surface area contributed by atoms with Gasteiger partial charge < -0.3 is 14.8 Å². The second-order valence-electron chi connectivity index (χ2n) is 4.05. The molecule has 0 aliphatic heterocycles. The Morgan fingerprint density at radius 3 is 2.95 bits per heavy atom. The van der Waals surface area contributed by atoms with Crippen LogP contribution in [0.1, 0.15) is 0 Å². The first-order chi connectivity index (χ1) is 9.15. The largest absolute Gasteiger partial charge is 0.399 e. The van der Waals surface area contributed by atoms with Crippen molar-refractivity contribution in [2.24, 2.45) is 7.05 Å². The van der Waals surface area contributed by atoms with Crippen molar-refractivity contribution in [3.63, 3.8) is 0 Å². The van der Waals surface area contributed by atoms with E-state index in [0.717, 1.165) is 15.7 Å². The van der Waals surface area contributed by atoms with Crippen LogP contribution in [0.5, 0.6) is 0 Å². The fourth-order valence-electron chi connectivity index (χ4n) is 1.72. The Hall–Kier alpha value is -2.15. The summed E-state index contributed by atoms with van der Waals surface area (Å²) in [5.74, 6) is 0.902. The van der Waals surface area contributed by atoms with E-state index < -0.39 is 0 Å². The van der Waals surface area contributed by atoms with Gasteiger partial charge in [0.2, 0.25) is 5.82 Å². The van der Waals surface area contributed by atoms with Crippen LogP contribution < -0.4 is 5.73 Å². The zero-order valence-corrected chi connectivity index (χ0v) is 11.6. The summed E-state index contributed by atoms with van der Waals surface area (Å²) in [6, 6.07) is 5.43. The molecule has 2 aromatic heterocycles. The first-order valence-electron chi connectivity index (χ1n) is 5.51. The second kappa shape index (κ2) is 4.51. The molecule has 0 aliphatic carbocycles. The van der Waals surface area contributed by atoms with Gasteiger partial charge in [0.05, 0.1) is 18.1 Å². The number of anilines is 1. The van der Waals surface area contributed by atoms with Crippen molar-refractivity contribution < 1.29 is 4.52 Å². The molecule has 0 amide bonds. The number of rotatable bonds is 2. The third kappa shape index (κ3) is 2.12. The number of nitrogens with zero attached hydrogens (tertiary/aromatic N) is 4. The van der Waals surface area contributed by atoms with Gasteiger partial charge in [-0.1, -0.05) is 5.16 Å². The molecule has 2 heterocycles. The summed E-state index contributed by atoms with van der Waals surface area (Å²) in [5, 5.41) is 3.96. The Morgan fingerprint density at radius 1 is 1.37 bits per heavy atom. The van der Waals surface area contributed by atoms with Crippen molar-refractivity contribution in [3.05, 3.63) is 35.2 Å². The van der Waals surface area contributed by atoms with Crippen LogP contribution in [0.25, 0.3) is 23.0 Å². The zero-order valence-electron chi connectivity index (χ0n) is 10.0. The standard InChI is InChI=1S/C12H10BrN5O/c1-18-6-15-5-10(18)11-16-12(19-17-11)8-4-7(14)2-3-9(8)13/h2-6H,14H2,1H3. The van der Waals surface area contributed by atoms with Gasteiger partial charge in [0, 0.05) is 17.2 Å². The Bertz CT molecular complexity index is 733. The van der Waals surface area contributed by atoms with E-state index in [2.05, 4.69) is 31.1 Å². The van der Waals surface area contributed by atoms with Crippen LogP contribution in [0.15, 0.2) is 39.7 Å². The second-order valence-corrected chi connectivity index (χ2v) is 4.91. The lowest BCUT2D eigenvalue weighted by molar-refractivity contribution is 0.431. The minimum absolute atomic E-state index is 0.412. The molecule has 6 nitrogen and oxygen atoms in total. The molecule has 0 spiro atoms. The average molecular weight is 320 g/mol. The maximum absolute atomic E-state index is 5.77. The van der Waals surface area contributed by atoms with Crippen LogP contribution in [-0.4, -0.2) is 19.7 Å². The van der Waals surface area contributed by atoms with E-state index in [0.29, 0.717) is 17.4 Å². The van der Waals surface area contributed by atoms with Crippen LogP contribution in [-0.2, 0) is 7.05 Å². The maximum Gasteiger partial charge on any atom is 0.259 e. The minimum Gasteiger partial charge on any atom is -0.399 e. The van der Waals surface area contributed by atoms with Crippen LogP contribution in [0, 0.1) is 0 Å². The summed E-state index contributed by atoms with van der Waals surface area (Å²) in [5.41, 5.74) is 7.95. The summed E-state index contributed by atoms with van der Waals surface area (Å²) < 4.78 is 7.95. The third-order valence-electron chi connectivity index (χ3n) is 2.69. The van der Waals surface area contributed by atoms with E-state index in [4.69, 9.17) is 10.3 Å². The van der Waals surface area contributed by atoms with Gasteiger partial charge in [0.1, 0.15) is 5.69 Å². The van der Waals surface area contributed by atoms with Crippen LogP contribution >= 0.6 is 15.9 Å². The fraction of sp³-hybridized carbons (Fsp3) is 0.0833. The van der Waals surface area contributed by atoms with Gasteiger partial charge in [-0.3, -0.25) is 0 Å². The van der Waals surface area contributed by atoms with Crippen molar-refractivity contribution in [1.82, 2.24) is 19.7 Å². The SMILES string of the molecule is Cn1cncc1-c1noc(-c2cc(N)ccc2Br)n1. The smallest absolute Gasteiger partial charge is 0.259 e. The van der Waals surface area contributed by atoms with Crippen molar-refractivity contribution in [2.45, 2.75) is 0 Å². The number of nitrogen functional groups attached to an aromatic ring is 1. The highest BCUT2D eigenvalue weighted by Gasteiger charge is 2.15. The fourth-order valence-corrected chi connectivity index (χ4v) is 2.13. The molecular formula is C12H10BrN5O. The van der Waals surface area contributed by atoms with E-state index in [-0.39, 0.29) is 0 Å². The molecule has 1 aromatic carbocycles. The van der Waals surface area contributed by atoms with Crippen molar-refractivity contribution in [3.8, 4) is 23.0 Å². The molecule has 96 valence electrons. The number of hydrogen-bond donors (Lipinski definition) is 1. The van der Waals surface area contributed by atoms with Gasteiger partial charge in [-0.2, -0.15) is 4.98 Å². The predicted molar refractivity (Wildman–Crippen MR) is 74.0 cm³/mol. The van der Waals surface area contributed by atoms with Gasteiger partial charge in [-0.25, -0.2) is 4.98 Å². The number of halogens is 1. The molecule has 7 heteroatoms. The number of aromatic nitrogens is 4. The van der Waals surface area contributed by atoms with Gasteiger partial charge >= 0.3 is 0 Å². The number of aryl methyl sites for hydroxylation is 1. The highest BCUT2D eigenvalue weighted by atomic mass is 79.9. The van der Waals surface area contributed by atoms with Gasteiger partial charge in [0.15, 0.2) is 0 Å². The maximum atomic E-state index is 5.77. The summed E-state index contributed by atoms with van der Waals surface area (Å²) >= 11 is 3.44. The molecule has 19 heavy (non-hydrogen) atoms. The van der Waals surface area contributed by atoms with Crippen molar-refractivity contribution in [2.75, 3.05) is 5.73 Å². The lowest BCUT2D eigenvalue weighted by atomic mass is 10.2. The molecule has 3 rings (SSSR count). The minimum atomic E-state index is 0.412. The van der Waals surface area contributed by atoms with Gasteiger partial charge in [-0.15, -0.1) is 0 Å². The quantitative estimate of drug-likeness (QED) is 0.734. The van der Waals surface area contributed by atoms with Crippen LogP contribution in [0.3, 0.4) is 0 Å². The molecular weight excluding hydrogens is 310 g/mol. The molecule has 0 fully saturated rings. The Kier molecular flexibility index (Phi) is 2.83. The summed E-state index contributed by atoms with van der Waals surface area (Å²) in [6.45, 7) is 0. The molecule has 0 unspecified atom stereocenters. The summed E-state index contributed by atoms with van der Waals surface area (Å²) in [7, 11) is 1.87. The lowest BCUT2D eigenvalue weighted by Gasteiger charge is -1.99. The summed E-state index contributed by atoms with van der Waals surface area (Å²) in [6.07, 6.45) is 3.37. The first-order valence-corrected chi connectivity index (χ1v) is 6.30. The highest BCUT2D eigenvalue weighted by Crippen LogP contribution is 2.30. The Balaban J connectivity index is 2.06. The molecule has 0 aliphatic rings. The van der Waals surface area contributed by atoms with Crippen LogP contribution in [0.4, 0.5) is 5.69 Å². The van der Waals surface area contributed by atoms with Gasteiger partial charge in [0.25, 0.3) is 5.89 Å². The van der Waals surface area contributed by atoms with Crippen molar-refractivity contribution in [1.29, 1.82) is 0 Å². The van der Waals surface area contributed by atoms with E-state index in [9.17, 15) is 0 Å². The average Bonchev–Trinajstić information content (AvgIpc) is 3.00. The summed E-state index contributed by atoms with van der Waals surface area (Å²) in [4.78, 5) is 8.39. The number of imidazole rings is 1. The molecule has 0 bridgehead atoms. The first kappa shape index (κ1) is 11.9. The van der Waals surface area contributed by atoms with E-state index in [1.54, 1.807) is 24.7 Å². The van der Waals surface area contributed by atoms with E-state index in [1.807, 2.05) is 17.7 Å². The molecule has 2 N–H and O–H groups in total. The Labute approximate surface area is 117 Å². The van der Waals surface area contributed by atoms with Crippen LogP contribution in [0.2, 0.25) is 0 Å². The molecule has 0 atom stereocenters. The number of benzene rings is 1. The van der Waals surface area contributed by atoms with Gasteiger partial charge in [-0.05, 0) is 34.1 Å². The van der Waals surface area contributed by atoms with E-state index >= 15 is 0 Å². The third-order valence-corrected chi connectivity index (χ3v) is 3.38. The van der Waals surface area contributed by atoms with Crippen molar-refractivity contribution >= 4 is 21.6 Å². The predicted octanol–water partition coefficient (Wildman–Crippen LogP) is 2.48. The molecule has 0 radical (unpaired) electrons. The molecule has 0 saturated heterocycles. The topological polar surface area (TPSA) is 82.8 Å². The lowest BCUT2D eigenvalue weighted by Crippen LogP contribution is -1.91. The monoisotopic (exact) mass is 319 g/mol. The Morgan fingerprint density at radius 2 is 2.21 bits per heavy atom. The molecule has 0 saturated carbocycles. The molecule has 3 aromatic rings. The normalized spacial score (nSPS) is 10.8.